The Labute approximate surface area is 126 Å². The van der Waals surface area contributed by atoms with Crippen LogP contribution in [-0.2, 0) is 0 Å². The van der Waals surface area contributed by atoms with Gasteiger partial charge in [-0.25, -0.2) is 4.98 Å². The first-order chi connectivity index (χ1) is 10.8. The first-order valence-corrected chi connectivity index (χ1v) is 6.87. The Hall–Kier alpha value is -3.15. The van der Waals surface area contributed by atoms with Crippen molar-refractivity contribution in [1.29, 1.82) is 0 Å². The van der Waals surface area contributed by atoms with E-state index in [1.165, 1.54) is 0 Å². The van der Waals surface area contributed by atoms with E-state index in [0.29, 0.717) is 0 Å². The number of nitrogens with zero attached hydrogens (tertiary/aromatic N) is 4. The molecule has 0 unspecified atom stereocenters. The molecular formula is C16H13N5O. The van der Waals surface area contributed by atoms with Gasteiger partial charge in [-0.1, -0.05) is 0 Å². The van der Waals surface area contributed by atoms with Crippen molar-refractivity contribution < 1.29 is 4.42 Å². The molecule has 108 valence electrons. The van der Waals surface area contributed by atoms with E-state index in [1.807, 2.05) is 37.3 Å². The maximum absolute atomic E-state index is 5.46. The lowest BCUT2D eigenvalue weighted by Crippen LogP contribution is -2.02. The fraction of sp³-hybridized carbons (Fsp3) is 0.0625. The number of furan rings is 1. The molecule has 6 heteroatoms. The van der Waals surface area contributed by atoms with E-state index >= 15 is 0 Å². The molecule has 6 nitrogen and oxygen atoms in total. The predicted octanol–water partition coefficient (Wildman–Crippen LogP) is 3.44. The van der Waals surface area contributed by atoms with Gasteiger partial charge in [0.2, 0.25) is 0 Å². The predicted molar refractivity (Wildman–Crippen MR) is 82.9 cm³/mol. The highest BCUT2D eigenvalue weighted by Crippen LogP contribution is 2.25. The molecule has 4 aromatic heterocycles. The maximum atomic E-state index is 5.46. The van der Waals surface area contributed by atoms with Crippen molar-refractivity contribution in [1.82, 2.24) is 19.6 Å². The quantitative estimate of drug-likeness (QED) is 0.626. The maximum Gasteiger partial charge on any atom is 0.161 e. The normalized spacial score (nSPS) is 11.0. The summed E-state index contributed by atoms with van der Waals surface area (Å²) in [6.07, 6.45) is 6.93. The van der Waals surface area contributed by atoms with Crippen molar-refractivity contribution >= 4 is 17.2 Å². The lowest BCUT2D eigenvalue weighted by atomic mass is 10.3. The van der Waals surface area contributed by atoms with Crippen molar-refractivity contribution in [3.63, 3.8) is 0 Å². The Kier molecular flexibility index (Phi) is 2.86. The third-order valence-corrected chi connectivity index (χ3v) is 3.36. The molecule has 0 atom stereocenters. The Morgan fingerprint density at radius 1 is 1.18 bits per heavy atom. The van der Waals surface area contributed by atoms with Crippen LogP contribution in [0.2, 0.25) is 0 Å². The number of anilines is 2. The van der Waals surface area contributed by atoms with Crippen LogP contribution in [0.15, 0.2) is 59.6 Å². The smallest absolute Gasteiger partial charge is 0.161 e. The summed E-state index contributed by atoms with van der Waals surface area (Å²) in [6, 6.07) is 9.47. The molecule has 22 heavy (non-hydrogen) atoms. The fourth-order valence-corrected chi connectivity index (χ4v) is 2.30. The van der Waals surface area contributed by atoms with Gasteiger partial charge in [0.1, 0.15) is 11.5 Å². The second-order valence-corrected chi connectivity index (χ2v) is 4.93. The minimum absolute atomic E-state index is 0.720. The highest BCUT2D eigenvalue weighted by atomic mass is 16.3. The lowest BCUT2D eigenvalue weighted by molar-refractivity contribution is 0.580. The first-order valence-electron chi connectivity index (χ1n) is 6.87. The third kappa shape index (κ3) is 2.10. The summed E-state index contributed by atoms with van der Waals surface area (Å²) in [6.45, 7) is 1.98. The summed E-state index contributed by atoms with van der Waals surface area (Å²) >= 11 is 0. The highest BCUT2D eigenvalue weighted by Gasteiger charge is 2.12. The van der Waals surface area contributed by atoms with Crippen LogP contribution >= 0.6 is 0 Å². The van der Waals surface area contributed by atoms with Crippen LogP contribution in [0.25, 0.3) is 17.1 Å². The van der Waals surface area contributed by atoms with E-state index in [9.17, 15) is 0 Å². The molecule has 4 heterocycles. The Morgan fingerprint density at radius 2 is 2.14 bits per heavy atom. The second kappa shape index (κ2) is 5.00. The van der Waals surface area contributed by atoms with Gasteiger partial charge in [-0.3, -0.25) is 4.98 Å². The summed E-state index contributed by atoms with van der Waals surface area (Å²) in [5, 5.41) is 7.70. The average molecular weight is 291 g/mol. The van der Waals surface area contributed by atoms with Gasteiger partial charge in [-0.05, 0) is 31.2 Å². The van der Waals surface area contributed by atoms with Gasteiger partial charge >= 0.3 is 0 Å². The molecule has 0 aliphatic rings. The number of rotatable bonds is 3. The number of pyridine rings is 1. The summed E-state index contributed by atoms with van der Waals surface area (Å²) < 4.78 is 7.23. The fourth-order valence-electron chi connectivity index (χ4n) is 2.30. The molecule has 0 radical (unpaired) electrons. The molecular weight excluding hydrogens is 278 g/mol. The van der Waals surface area contributed by atoms with Crippen LogP contribution in [0.1, 0.15) is 5.56 Å². The summed E-state index contributed by atoms with van der Waals surface area (Å²) in [5.41, 5.74) is 3.43. The van der Waals surface area contributed by atoms with Crippen molar-refractivity contribution in [2.75, 3.05) is 5.32 Å². The van der Waals surface area contributed by atoms with E-state index in [4.69, 9.17) is 4.42 Å². The average Bonchev–Trinajstić information content (AvgIpc) is 3.19. The standard InChI is InChI=1S/C16H13N5O/c1-11-9-18-21-15(19-12-4-2-6-17-10-12)8-13(20-16(11)21)14-5-3-7-22-14/h2-10,19H,1H3. The molecule has 1 N–H and O–H groups in total. The minimum Gasteiger partial charge on any atom is -0.463 e. The van der Waals surface area contributed by atoms with Gasteiger partial charge in [0.15, 0.2) is 11.4 Å². The summed E-state index contributed by atoms with van der Waals surface area (Å²) in [7, 11) is 0. The van der Waals surface area contributed by atoms with Crippen LogP contribution in [0.3, 0.4) is 0 Å². The van der Waals surface area contributed by atoms with E-state index in [-0.39, 0.29) is 0 Å². The number of hydrogen-bond donors (Lipinski definition) is 1. The van der Waals surface area contributed by atoms with Crippen molar-refractivity contribution in [3.8, 4) is 11.5 Å². The lowest BCUT2D eigenvalue weighted by Gasteiger charge is -2.09. The van der Waals surface area contributed by atoms with E-state index in [2.05, 4.69) is 20.4 Å². The first kappa shape index (κ1) is 12.6. The molecule has 4 aromatic rings. The molecule has 0 amide bonds. The monoisotopic (exact) mass is 291 g/mol. The Balaban J connectivity index is 1.88. The van der Waals surface area contributed by atoms with Crippen LogP contribution in [-0.4, -0.2) is 19.6 Å². The van der Waals surface area contributed by atoms with E-state index < -0.39 is 0 Å². The van der Waals surface area contributed by atoms with Crippen LogP contribution in [0, 0.1) is 6.92 Å². The number of fused-ring (bicyclic) bond motifs is 1. The molecule has 0 aliphatic heterocycles. The van der Waals surface area contributed by atoms with Crippen LogP contribution in [0.4, 0.5) is 11.5 Å². The van der Waals surface area contributed by atoms with Crippen LogP contribution < -0.4 is 5.32 Å². The number of nitrogens with one attached hydrogen (secondary N) is 1. The second-order valence-electron chi connectivity index (χ2n) is 4.93. The molecule has 0 aliphatic carbocycles. The van der Waals surface area contributed by atoms with Crippen molar-refractivity contribution in [3.05, 3.63) is 60.7 Å². The summed E-state index contributed by atoms with van der Waals surface area (Å²) in [4.78, 5) is 8.74. The number of aromatic nitrogens is 4. The molecule has 0 saturated carbocycles. The van der Waals surface area contributed by atoms with Crippen molar-refractivity contribution in [2.45, 2.75) is 6.92 Å². The zero-order valence-electron chi connectivity index (χ0n) is 11.9. The number of hydrogen-bond acceptors (Lipinski definition) is 5. The zero-order valence-corrected chi connectivity index (χ0v) is 11.9. The number of aryl methyl sites for hydroxylation is 1. The van der Waals surface area contributed by atoms with E-state index in [0.717, 1.165) is 34.2 Å². The molecule has 0 bridgehead atoms. The van der Waals surface area contributed by atoms with Gasteiger partial charge in [-0.2, -0.15) is 9.61 Å². The topological polar surface area (TPSA) is 68.2 Å². The van der Waals surface area contributed by atoms with Gasteiger partial charge in [0.25, 0.3) is 0 Å². The molecule has 0 spiro atoms. The Bertz CT molecular complexity index is 913. The minimum atomic E-state index is 0.720. The SMILES string of the molecule is Cc1cnn2c(Nc3cccnc3)cc(-c3ccco3)nc12. The van der Waals surface area contributed by atoms with Gasteiger partial charge in [0, 0.05) is 17.8 Å². The molecule has 0 fully saturated rings. The molecule has 0 saturated heterocycles. The molecule has 4 rings (SSSR count). The van der Waals surface area contributed by atoms with Gasteiger partial charge in [0.05, 0.1) is 24.3 Å². The van der Waals surface area contributed by atoms with Gasteiger partial charge < -0.3 is 9.73 Å². The Morgan fingerprint density at radius 3 is 2.91 bits per heavy atom. The third-order valence-electron chi connectivity index (χ3n) is 3.36. The molecule has 0 aromatic carbocycles. The van der Waals surface area contributed by atoms with Crippen molar-refractivity contribution in [2.24, 2.45) is 0 Å². The summed E-state index contributed by atoms with van der Waals surface area (Å²) in [5.74, 6) is 1.52. The zero-order chi connectivity index (χ0) is 14.9. The highest BCUT2D eigenvalue weighted by molar-refractivity contribution is 5.67. The van der Waals surface area contributed by atoms with E-state index in [1.54, 1.807) is 29.4 Å². The largest absolute Gasteiger partial charge is 0.463 e. The van der Waals surface area contributed by atoms with Gasteiger partial charge in [-0.15, -0.1) is 0 Å². The van der Waals surface area contributed by atoms with Crippen LogP contribution in [0.5, 0.6) is 0 Å².